The number of aromatic nitrogens is 3. The molecule has 0 unspecified atom stereocenters. The summed E-state index contributed by atoms with van der Waals surface area (Å²) in [5.41, 5.74) is 0.563. The number of hydrogen-bond donors (Lipinski definition) is 2. The summed E-state index contributed by atoms with van der Waals surface area (Å²) in [5, 5.41) is 9.12. The molecular weight excluding hydrogens is 229 g/mol. The Morgan fingerprint density at radius 1 is 1.50 bits per heavy atom. The maximum absolute atomic E-state index is 10.6. The lowest BCUT2D eigenvalue weighted by molar-refractivity contribution is 0.0685. The van der Waals surface area contributed by atoms with Gasteiger partial charge in [0.15, 0.2) is 5.65 Å². The van der Waals surface area contributed by atoms with Crippen molar-refractivity contribution in [2.24, 2.45) is 0 Å². The Bertz CT molecular complexity index is 523. The average molecular weight is 232 g/mol. The predicted octanol–water partition coefficient (Wildman–Crippen LogP) is 1.96. The van der Waals surface area contributed by atoms with Crippen LogP contribution in [0.5, 0.6) is 0 Å². The van der Waals surface area contributed by atoms with Gasteiger partial charge in [-0.25, -0.2) is 14.8 Å². The number of hydrogen-bond acceptors (Lipinski definition) is 3. The number of rotatable bonds is 1. The van der Waals surface area contributed by atoms with Crippen LogP contribution in [0, 0.1) is 0 Å². The second-order valence-electron chi connectivity index (χ2n) is 2.51. The minimum atomic E-state index is -1.17. The Morgan fingerprint density at radius 3 is 2.86 bits per heavy atom. The highest BCUT2D eigenvalue weighted by Gasteiger charge is 2.13. The highest BCUT2D eigenvalue weighted by Crippen LogP contribution is 2.27. The van der Waals surface area contributed by atoms with Crippen LogP contribution in [0.15, 0.2) is 6.20 Å². The van der Waals surface area contributed by atoms with Gasteiger partial charge in [-0.1, -0.05) is 23.2 Å². The van der Waals surface area contributed by atoms with Gasteiger partial charge in [0.1, 0.15) is 5.52 Å². The SMILES string of the molecule is O=C(O)c1nc2ncc(Cl)c(Cl)c2[nH]1. The lowest BCUT2D eigenvalue weighted by Crippen LogP contribution is -1.97. The summed E-state index contributed by atoms with van der Waals surface area (Å²) in [6.07, 6.45) is 1.32. The first-order valence-corrected chi connectivity index (χ1v) is 4.28. The van der Waals surface area contributed by atoms with Crippen LogP contribution in [0.25, 0.3) is 11.2 Å². The van der Waals surface area contributed by atoms with Gasteiger partial charge in [-0.15, -0.1) is 0 Å². The van der Waals surface area contributed by atoms with E-state index in [0.29, 0.717) is 5.52 Å². The number of carboxylic acids is 1. The molecule has 72 valence electrons. The molecule has 0 aliphatic heterocycles. The van der Waals surface area contributed by atoms with Crippen LogP contribution in [-0.4, -0.2) is 26.0 Å². The maximum Gasteiger partial charge on any atom is 0.371 e. The van der Waals surface area contributed by atoms with Crippen LogP contribution in [0.2, 0.25) is 10.0 Å². The Kier molecular flexibility index (Phi) is 2.05. The van der Waals surface area contributed by atoms with E-state index in [4.69, 9.17) is 28.3 Å². The van der Waals surface area contributed by atoms with E-state index in [-0.39, 0.29) is 21.5 Å². The van der Waals surface area contributed by atoms with E-state index in [2.05, 4.69) is 15.0 Å². The molecule has 7 heteroatoms. The van der Waals surface area contributed by atoms with Gasteiger partial charge in [0.25, 0.3) is 0 Å². The van der Waals surface area contributed by atoms with Crippen LogP contribution >= 0.6 is 23.2 Å². The van der Waals surface area contributed by atoms with Crippen molar-refractivity contribution in [2.75, 3.05) is 0 Å². The van der Waals surface area contributed by atoms with Crippen molar-refractivity contribution < 1.29 is 9.90 Å². The zero-order valence-electron chi connectivity index (χ0n) is 6.58. The van der Waals surface area contributed by atoms with Crippen molar-refractivity contribution in [2.45, 2.75) is 0 Å². The molecule has 2 rings (SSSR count). The lowest BCUT2D eigenvalue weighted by Gasteiger charge is -1.93. The molecule has 2 aromatic heterocycles. The van der Waals surface area contributed by atoms with Gasteiger partial charge in [0, 0.05) is 6.20 Å². The monoisotopic (exact) mass is 231 g/mol. The van der Waals surface area contributed by atoms with E-state index in [9.17, 15) is 4.79 Å². The Balaban J connectivity index is 2.77. The van der Waals surface area contributed by atoms with Crippen molar-refractivity contribution in [1.29, 1.82) is 0 Å². The molecule has 5 nitrogen and oxygen atoms in total. The van der Waals surface area contributed by atoms with E-state index in [0.717, 1.165) is 0 Å². The second kappa shape index (κ2) is 3.11. The molecule has 0 fully saturated rings. The van der Waals surface area contributed by atoms with Crippen LogP contribution in [0.3, 0.4) is 0 Å². The Labute approximate surface area is 87.7 Å². The molecule has 0 aliphatic carbocycles. The largest absolute Gasteiger partial charge is 0.475 e. The molecular formula is C7H3Cl2N3O2. The van der Waals surface area contributed by atoms with Gasteiger partial charge in [-0.05, 0) is 0 Å². The number of fused-ring (bicyclic) bond motifs is 1. The molecule has 0 aliphatic rings. The van der Waals surface area contributed by atoms with Gasteiger partial charge >= 0.3 is 5.97 Å². The van der Waals surface area contributed by atoms with E-state index < -0.39 is 5.97 Å². The van der Waals surface area contributed by atoms with Crippen LogP contribution < -0.4 is 0 Å². The third-order valence-corrected chi connectivity index (χ3v) is 2.39. The lowest BCUT2D eigenvalue weighted by atomic mass is 10.4. The van der Waals surface area contributed by atoms with E-state index in [1.54, 1.807) is 0 Å². The van der Waals surface area contributed by atoms with Crippen molar-refractivity contribution in [3.63, 3.8) is 0 Å². The molecule has 0 amide bonds. The number of imidazole rings is 1. The van der Waals surface area contributed by atoms with Crippen molar-refractivity contribution >= 4 is 40.3 Å². The Morgan fingerprint density at radius 2 is 2.21 bits per heavy atom. The average Bonchev–Trinajstić information content (AvgIpc) is 2.56. The standard InChI is InChI=1S/C7H3Cl2N3O2/c8-2-1-10-5-4(3(2)9)11-6(12-5)7(13)14/h1H,(H,13,14)(H,10,11,12). The van der Waals surface area contributed by atoms with E-state index in [1.165, 1.54) is 6.20 Å². The topological polar surface area (TPSA) is 78.9 Å². The molecule has 0 saturated heterocycles. The molecule has 2 N–H and O–H groups in total. The van der Waals surface area contributed by atoms with Gasteiger partial charge in [-0.3, -0.25) is 0 Å². The van der Waals surface area contributed by atoms with Crippen LogP contribution in [0.1, 0.15) is 10.6 Å². The highest BCUT2D eigenvalue weighted by atomic mass is 35.5. The summed E-state index contributed by atoms with van der Waals surface area (Å²) in [7, 11) is 0. The number of carboxylic acid groups (broad SMARTS) is 1. The maximum atomic E-state index is 10.6. The fourth-order valence-corrected chi connectivity index (χ4v) is 1.33. The van der Waals surface area contributed by atoms with E-state index in [1.807, 2.05) is 0 Å². The zero-order chi connectivity index (χ0) is 10.3. The molecule has 0 atom stereocenters. The van der Waals surface area contributed by atoms with Gasteiger partial charge in [-0.2, -0.15) is 0 Å². The Hall–Kier alpha value is -1.33. The molecule has 0 bridgehead atoms. The number of H-pyrrole nitrogens is 1. The summed E-state index contributed by atoms with van der Waals surface area (Å²) >= 11 is 11.5. The number of nitrogens with one attached hydrogen (secondary N) is 1. The van der Waals surface area contributed by atoms with Gasteiger partial charge in [0.05, 0.1) is 10.0 Å². The van der Waals surface area contributed by atoms with Gasteiger partial charge in [0.2, 0.25) is 5.82 Å². The summed E-state index contributed by atoms with van der Waals surface area (Å²) < 4.78 is 0. The number of nitrogens with zero attached hydrogens (tertiary/aromatic N) is 2. The number of aromatic carboxylic acids is 1. The quantitative estimate of drug-likeness (QED) is 0.787. The minimum Gasteiger partial charge on any atom is -0.475 e. The minimum absolute atomic E-state index is 0.211. The van der Waals surface area contributed by atoms with E-state index >= 15 is 0 Å². The van der Waals surface area contributed by atoms with Crippen LogP contribution in [0.4, 0.5) is 0 Å². The third kappa shape index (κ3) is 1.30. The van der Waals surface area contributed by atoms with Crippen LogP contribution in [-0.2, 0) is 0 Å². The third-order valence-electron chi connectivity index (χ3n) is 1.62. The fourth-order valence-electron chi connectivity index (χ4n) is 1.01. The van der Waals surface area contributed by atoms with Crippen molar-refractivity contribution in [1.82, 2.24) is 15.0 Å². The summed E-state index contributed by atoms with van der Waals surface area (Å²) in [4.78, 5) is 20.6. The van der Waals surface area contributed by atoms with Crippen molar-refractivity contribution in [3.05, 3.63) is 22.1 Å². The highest BCUT2D eigenvalue weighted by molar-refractivity contribution is 6.44. The molecule has 14 heavy (non-hydrogen) atoms. The smallest absolute Gasteiger partial charge is 0.371 e. The number of aromatic amines is 1. The zero-order valence-corrected chi connectivity index (χ0v) is 8.10. The number of halogens is 2. The molecule has 2 aromatic rings. The first-order valence-electron chi connectivity index (χ1n) is 3.52. The number of pyridine rings is 1. The summed E-state index contributed by atoms with van der Waals surface area (Å²) in [6.45, 7) is 0. The normalized spacial score (nSPS) is 10.7. The molecule has 0 saturated carbocycles. The molecule has 0 spiro atoms. The fraction of sp³-hybridized carbons (Fsp3) is 0. The molecule has 0 radical (unpaired) electrons. The first-order chi connectivity index (χ1) is 6.59. The molecule has 0 aromatic carbocycles. The summed E-state index contributed by atoms with van der Waals surface area (Å²) in [5.74, 6) is -1.38. The number of carbonyl (C=O) groups is 1. The second-order valence-corrected chi connectivity index (χ2v) is 3.29. The van der Waals surface area contributed by atoms with Gasteiger partial charge < -0.3 is 10.1 Å². The first kappa shape index (κ1) is 9.23. The molecule has 2 heterocycles. The summed E-state index contributed by atoms with van der Waals surface area (Å²) in [6, 6.07) is 0. The van der Waals surface area contributed by atoms with Crippen molar-refractivity contribution in [3.8, 4) is 0 Å². The predicted molar refractivity (Wildman–Crippen MR) is 50.9 cm³/mol.